The Balaban J connectivity index is 1.90. The molecule has 0 aliphatic rings. The van der Waals surface area contributed by atoms with Gasteiger partial charge in [0.2, 0.25) is 0 Å². The van der Waals surface area contributed by atoms with Crippen molar-refractivity contribution in [2.75, 3.05) is 11.9 Å². The topological polar surface area (TPSA) is 58.6 Å². The number of rotatable bonds is 5. The van der Waals surface area contributed by atoms with Crippen LogP contribution in [-0.4, -0.2) is 17.6 Å². The Morgan fingerprint density at radius 3 is 2.57 bits per heavy atom. The van der Waals surface area contributed by atoms with Crippen molar-refractivity contribution in [1.29, 1.82) is 0 Å². The number of carbonyl (C=O) groups is 1. The van der Waals surface area contributed by atoms with Crippen LogP contribution in [0.4, 0.5) is 10.1 Å². The zero-order valence-corrected chi connectivity index (χ0v) is 11.7. The van der Waals surface area contributed by atoms with Crippen molar-refractivity contribution >= 4 is 23.2 Å². The molecule has 0 heterocycles. The van der Waals surface area contributed by atoms with Crippen LogP contribution in [0.15, 0.2) is 42.5 Å². The molecule has 2 rings (SSSR count). The van der Waals surface area contributed by atoms with E-state index in [-0.39, 0.29) is 24.9 Å². The van der Waals surface area contributed by atoms with Gasteiger partial charge >= 0.3 is 0 Å². The number of aliphatic hydroxyl groups excluding tert-OH is 1. The van der Waals surface area contributed by atoms with Crippen LogP contribution in [0.1, 0.15) is 5.56 Å². The van der Waals surface area contributed by atoms with E-state index in [1.807, 2.05) is 0 Å². The molecule has 0 saturated heterocycles. The van der Waals surface area contributed by atoms with Crippen molar-refractivity contribution in [2.45, 2.75) is 6.61 Å². The van der Waals surface area contributed by atoms with Crippen LogP contribution in [0.5, 0.6) is 5.75 Å². The fourth-order valence-corrected chi connectivity index (χ4v) is 1.89. The van der Waals surface area contributed by atoms with Crippen molar-refractivity contribution in [2.24, 2.45) is 0 Å². The molecule has 110 valence electrons. The zero-order chi connectivity index (χ0) is 15.2. The van der Waals surface area contributed by atoms with E-state index in [0.717, 1.165) is 0 Å². The Hall–Kier alpha value is -2.11. The molecule has 0 unspecified atom stereocenters. The number of halogens is 2. The first kappa shape index (κ1) is 15.3. The first-order valence-electron chi connectivity index (χ1n) is 6.16. The van der Waals surface area contributed by atoms with E-state index >= 15 is 0 Å². The number of amides is 1. The highest BCUT2D eigenvalue weighted by Gasteiger charge is 2.07. The highest BCUT2D eigenvalue weighted by molar-refractivity contribution is 6.32. The second-order valence-corrected chi connectivity index (χ2v) is 4.67. The van der Waals surface area contributed by atoms with E-state index in [2.05, 4.69) is 5.32 Å². The zero-order valence-electron chi connectivity index (χ0n) is 11.0. The second-order valence-electron chi connectivity index (χ2n) is 4.27. The van der Waals surface area contributed by atoms with Gasteiger partial charge in [-0.2, -0.15) is 0 Å². The molecule has 4 nitrogen and oxygen atoms in total. The summed E-state index contributed by atoms with van der Waals surface area (Å²) in [6.07, 6.45) is 0. The van der Waals surface area contributed by atoms with E-state index in [9.17, 15) is 9.18 Å². The fraction of sp³-hybridized carbons (Fsp3) is 0.133. The number of benzene rings is 2. The third-order valence-corrected chi connectivity index (χ3v) is 2.96. The van der Waals surface area contributed by atoms with Gasteiger partial charge < -0.3 is 15.2 Å². The lowest BCUT2D eigenvalue weighted by molar-refractivity contribution is -0.118. The smallest absolute Gasteiger partial charge is 0.262 e. The molecule has 0 aliphatic heterocycles. The Morgan fingerprint density at radius 2 is 1.95 bits per heavy atom. The summed E-state index contributed by atoms with van der Waals surface area (Å²) in [5.41, 5.74) is 1.13. The van der Waals surface area contributed by atoms with Crippen molar-refractivity contribution in [3.05, 3.63) is 58.9 Å². The Kier molecular flexibility index (Phi) is 5.14. The largest absolute Gasteiger partial charge is 0.482 e. The standard InChI is InChI=1S/C15H13ClFNO3/c16-13-7-10(8-19)1-6-14(13)21-9-15(20)18-12-4-2-11(17)3-5-12/h1-7,19H,8-9H2,(H,18,20). The third kappa shape index (κ3) is 4.44. The maximum absolute atomic E-state index is 12.7. The Morgan fingerprint density at radius 1 is 1.24 bits per heavy atom. The molecule has 0 bridgehead atoms. The van der Waals surface area contributed by atoms with E-state index in [4.69, 9.17) is 21.4 Å². The minimum atomic E-state index is -0.385. The Bertz CT molecular complexity index is 631. The normalized spacial score (nSPS) is 10.2. The molecule has 0 radical (unpaired) electrons. The molecule has 0 aliphatic carbocycles. The highest BCUT2D eigenvalue weighted by atomic mass is 35.5. The first-order chi connectivity index (χ1) is 10.1. The molecule has 0 fully saturated rings. The number of aliphatic hydroxyl groups is 1. The summed E-state index contributed by atoms with van der Waals surface area (Å²) in [5.74, 6) is -0.410. The molecule has 0 spiro atoms. The summed E-state index contributed by atoms with van der Waals surface area (Å²) in [7, 11) is 0. The maximum Gasteiger partial charge on any atom is 0.262 e. The van der Waals surface area contributed by atoms with Gasteiger partial charge in [-0.3, -0.25) is 4.79 Å². The summed E-state index contributed by atoms with van der Waals surface area (Å²) in [6.45, 7) is -0.347. The van der Waals surface area contributed by atoms with Gasteiger partial charge in [0.15, 0.2) is 6.61 Å². The molecule has 6 heteroatoms. The number of hydrogen-bond donors (Lipinski definition) is 2. The SMILES string of the molecule is O=C(COc1ccc(CO)cc1Cl)Nc1ccc(F)cc1. The molecule has 21 heavy (non-hydrogen) atoms. The van der Waals surface area contributed by atoms with Gasteiger partial charge in [-0.15, -0.1) is 0 Å². The number of nitrogens with one attached hydrogen (secondary N) is 1. The molecule has 0 aromatic heterocycles. The van der Waals surface area contributed by atoms with Crippen LogP contribution in [0.3, 0.4) is 0 Å². The maximum atomic E-state index is 12.7. The van der Waals surface area contributed by atoms with Gasteiger partial charge in [-0.05, 0) is 42.0 Å². The van der Waals surface area contributed by atoms with Gasteiger partial charge in [0.1, 0.15) is 11.6 Å². The van der Waals surface area contributed by atoms with Gasteiger partial charge in [-0.1, -0.05) is 17.7 Å². The molecular formula is C15H13ClFNO3. The van der Waals surface area contributed by atoms with E-state index in [1.54, 1.807) is 18.2 Å². The molecule has 0 atom stereocenters. The molecule has 2 N–H and O–H groups in total. The van der Waals surface area contributed by atoms with E-state index in [1.165, 1.54) is 24.3 Å². The molecule has 0 saturated carbocycles. The summed E-state index contributed by atoms with van der Waals surface area (Å²) >= 11 is 5.96. The van der Waals surface area contributed by atoms with Crippen molar-refractivity contribution < 1.29 is 19.0 Å². The van der Waals surface area contributed by atoms with Crippen molar-refractivity contribution in [1.82, 2.24) is 0 Å². The van der Waals surface area contributed by atoms with Gasteiger partial charge in [0.25, 0.3) is 5.91 Å². The molecule has 1 amide bonds. The van der Waals surface area contributed by atoms with E-state index in [0.29, 0.717) is 22.0 Å². The molecule has 2 aromatic carbocycles. The number of carbonyl (C=O) groups excluding carboxylic acids is 1. The van der Waals surface area contributed by atoms with Crippen LogP contribution in [0.25, 0.3) is 0 Å². The van der Waals surface area contributed by atoms with Crippen LogP contribution in [0.2, 0.25) is 5.02 Å². The quantitative estimate of drug-likeness (QED) is 0.892. The van der Waals surface area contributed by atoms with Gasteiger partial charge in [0, 0.05) is 5.69 Å². The summed E-state index contributed by atoms with van der Waals surface area (Å²) in [6, 6.07) is 10.2. The minimum Gasteiger partial charge on any atom is -0.482 e. The summed E-state index contributed by atoms with van der Waals surface area (Å²) in [5, 5.41) is 11.8. The molecule has 2 aromatic rings. The lowest BCUT2D eigenvalue weighted by atomic mass is 10.2. The van der Waals surface area contributed by atoms with Crippen LogP contribution in [0, 0.1) is 5.82 Å². The van der Waals surface area contributed by atoms with Crippen LogP contribution in [-0.2, 0) is 11.4 Å². The fourth-order valence-electron chi connectivity index (χ4n) is 1.63. The average Bonchev–Trinajstić information content (AvgIpc) is 2.48. The highest BCUT2D eigenvalue weighted by Crippen LogP contribution is 2.25. The van der Waals surface area contributed by atoms with Crippen LogP contribution < -0.4 is 10.1 Å². The molecular weight excluding hydrogens is 297 g/mol. The van der Waals surface area contributed by atoms with E-state index < -0.39 is 0 Å². The monoisotopic (exact) mass is 309 g/mol. The summed E-state index contributed by atoms with van der Waals surface area (Å²) in [4.78, 5) is 11.7. The van der Waals surface area contributed by atoms with Crippen molar-refractivity contribution in [3.63, 3.8) is 0 Å². The second kappa shape index (κ2) is 7.06. The van der Waals surface area contributed by atoms with Gasteiger partial charge in [0.05, 0.1) is 11.6 Å². The van der Waals surface area contributed by atoms with Crippen LogP contribution >= 0.6 is 11.6 Å². The van der Waals surface area contributed by atoms with Crippen molar-refractivity contribution in [3.8, 4) is 5.75 Å². The van der Waals surface area contributed by atoms with Gasteiger partial charge in [-0.25, -0.2) is 4.39 Å². The first-order valence-corrected chi connectivity index (χ1v) is 6.54. The lowest BCUT2D eigenvalue weighted by Crippen LogP contribution is -2.20. The number of hydrogen-bond acceptors (Lipinski definition) is 3. The number of ether oxygens (including phenoxy) is 1. The minimum absolute atomic E-state index is 0.120. The predicted octanol–water partition coefficient (Wildman–Crippen LogP) is 2.99. The predicted molar refractivity (Wildman–Crippen MR) is 77.9 cm³/mol. The average molecular weight is 310 g/mol. The third-order valence-electron chi connectivity index (χ3n) is 2.67. The summed E-state index contributed by atoms with van der Waals surface area (Å²) < 4.78 is 18.0. The Labute approximate surface area is 126 Å². The lowest BCUT2D eigenvalue weighted by Gasteiger charge is -2.09. The number of anilines is 1.